The maximum Gasteiger partial charge on any atom is 0.229 e. The number of methoxy groups -OCH3 is 4. The highest BCUT2D eigenvalue weighted by atomic mass is 16.5. The van der Waals surface area contributed by atoms with Crippen molar-refractivity contribution in [1.82, 2.24) is 10.6 Å². The van der Waals surface area contributed by atoms with E-state index in [9.17, 15) is 14.7 Å². The lowest BCUT2D eigenvalue weighted by Gasteiger charge is -2.22. The molecule has 0 saturated heterocycles. The van der Waals surface area contributed by atoms with Crippen molar-refractivity contribution in [3.8, 4) is 28.7 Å². The molecule has 2 amide bonds. The van der Waals surface area contributed by atoms with E-state index in [4.69, 9.17) is 24.5 Å². The van der Waals surface area contributed by atoms with Crippen LogP contribution in [0.4, 0.5) is 0 Å². The second kappa shape index (κ2) is 17.0. The first-order chi connectivity index (χ1) is 21.7. The number of nitrogens with zero attached hydrogens (tertiary/aromatic N) is 5. The highest BCUT2D eigenvalue weighted by Gasteiger charge is 2.33. The minimum absolute atomic E-state index is 0.0308. The molecule has 0 fully saturated rings. The van der Waals surface area contributed by atoms with Gasteiger partial charge in [-0.1, -0.05) is 17.6 Å². The molecule has 2 aromatic rings. The van der Waals surface area contributed by atoms with Crippen molar-refractivity contribution in [2.75, 3.05) is 41.5 Å². The summed E-state index contributed by atoms with van der Waals surface area (Å²) in [5, 5.41) is 27.6. The Hall–Kier alpha value is -4.71. The number of hydrogen-bond donors (Lipinski definition) is 3. The molecule has 45 heavy (non-hydrogen) atoms. The Balaban J connectivity index is 1.61. The lowest BCUT2D eigenvalue weighted by molar-refractivity contribution is -0.123. The third kappa shape index (κ3) is 10.5. The third-order valence-corrected chi connectivity index (χ3v) is 7.66. The maximum absolute atomic E-state index is 13.0. The number of nitrogens with one attached hydrogen (secondary N) is 2. The largest absolute Gasteiger partial charge is 0.504 e. The van der Waals surface area contributed by atoms with Crippen LogP contribution in [0.25, 0.3) is 10.4 Å². The van der Waals surface area contributed by atoms with Crippen LogP contribution in [0.3, 0.4) is 0 Å². The number of phenolic OH excluding ortho intramolecular Hbond substituents is 1. The second-order valence-electron chi connectivity index (χ2n) is 10.9. The number of benzene rings is 2. The molecule has 1 heterocycles. The minimum Gasteiger partial charge on any atom is -0.504 e. The monoisotopic (exact) mass is 625 g/mol. The van der Waals surface area contributed by atoms with Crippen LogP contribution in [0.15, 0.2) is 45.7 Å². The van der Waals surface area contributed by atoms with Gasteiger partial charge in [-0.05, 0) is 79.4 Å². The summed E-state index contributed by atoms with van der Waals surface area (Å²) in [5.74, 6) is 1.31. The number of carbonyl (C=O) groups is 2. The van der Waals surface area contributed by atoms with Gasteiger partial charge in [0.15, 0.2) is 28.7 Å². The summed E-state index contributed by atoms with van der Waals surface area (Å²) in [6.45, 7) is 2.64. The smallest absolute Gasteiger partial charge is 0.229 e. The molecular formula is C31H43N7O7. The fraction of sp³-hybridized carbons (Fsp3) is 0.548. The van der Waals surface area contributed by atoms with Crippen molar-refractivity contribution in [2.24, 2.45) is 15.3 Å². The van der Waals surface area contributed by atoms with Crippen LogP contribution >= 0.6 is 0 Å². The van der Waals surface area contributed by atoms with Gasteiger partial charge >= 0.3 is 0 Å². The molecule has 0 radical (unpaired) electrons. The molecule has 14 nitrogen and oxygen atoms in total. The fourth-order valence-electron chi connectivity index (χ4n) is 4.98. The van der Waals surface area contributed by atoms with Gasteiger partial charge in [0.2, 0.25) is 17.6 Å². The standard InChI is InChI=1S/C31H43N7O7/c1-31(36-37-31)13-11-28(40)33-14-7-6-8-23(35-38-32)30(41)34-15-12-21(16-20-9-10-25(42-2)24(39)17-20)22-18-26(43-3)29(45-5)27(19-22)44-4/h9-10,17-19,21,23,39H,6-8,11-16H2,1-5H3,(H,33,40)(H,34,41)/t21?,23-/m0/s1. The van der Waals surface area contributed by atoms with Crippen LogP contribution in [0.2, 0.25) is 0 Å². The molecule has 0 aromatic heterocycles. The zero-order valence-electron chi connectivity index (χ0n) is 26.5. The summed E-state index contributed by atoms with van der Waals surface area (Å²) in [4.78, 5) is 27.9. The minimum atomic E-state index is -0.873. The number of hydrogen-bond acceptors (Lipinski definition) is 10. The van der Waals surface area contributed by atoms with Crippen LogP contribution < -0.4 is 29.6 Å². The van der Waals surface area contributed by atoms with E-state index in [1.165, 1.54) is 14.2 Å². The van der Waals surface area contributed by atoms with E-state index in [0.29, 0.717) is 81.0 Å². The van der Waals surface area contributed by atoms with Gasteiger partial charge in [-0.3, -0.25) is 9.59 Å². The van der Waals surface area contributed by atoms with Crippen LogP contribution in [-0.2, 0) is 16.0 Å². The van der Waals surface area contributed by atoms with E-state index in [-0.39, 0.29) is 23.5 Å². The molecule has 0 spiro atoms. The van der Waals surface area contributed by atoms with E-state index < -0.39 is 11.7 Å². The van der Waals surface area contributed by atoms with Crippen molar-refractivity contribution >= 4 is 11.8 Å². The zero-order chi connectivity index (χ0) is 32.8. The Morgan fingerprint density at radius 1 is 0.956 bits per heavy atom. The van der Waals surface area contributed by atoms with Gasteiger partial charge in [0.25, 0.3) is 0 Å². The number of carbonyl (C=O) groups excluding carboxylic acids is 2. The number of ether oxygens (including phenoxy) is 4. The first kappa shape index (κ1) is 34.8. The molecule has 14 heteroatoms. The Kier molecular flexibility index (Phi) is 13.1. The molecule has 3 rings (SSSR count). The molecule has 1 aliphatic rings. The molecular weight excluding hydrogens is 582 g/mol. The first-order valence-corrected chi connectivity index (χ1v) is 14.8. The van der Waals surface area contributed by atoms with E-state index in [1.807, 2.05) is 25.1 Å². The lowest BCUT2D eigenvalue weighted by Crippen LogP contribution is -2.34. The first-order valence-electron chi connectivity index (χ1n) is 14.8. The van der Waals surface area contributed by atoms with E-state index in [1.54, 1.807) is 26.4 Å². The number of aromatic hydroxyl groups is 1. The Morgan fingerprint density at radius 3 is 2.22 bits per heavy atom. The Morgan fingerprint density at radius 2 is 1.64 bits per heavy atom. The van der Waals surface area contributed by atoms with Gasteiger partial charge < -0.3 is 34.7 Å². The van der Waals surface area contributed by atoms with Crippen LogP contribution in [0.5, 0.6) is 28.7 Å². The quantitative estimate of drug-likeness (QED) is 0.0781. The van der Waals surface area contributed by atoms with Crippen molar-refractivity contribution in [2.45, 2.75) is 69.5 Å². The van der Waals surface area contributed by atoms with Gasteiger partial charge in [0.05, 0.1) is 28.4 Å². The molecule has 2 aromatic carbocycles. The molecule has 0 bridgehead atoms. The van der Waals surface area contributed by atoms with Gasteiger partial charge in [0.1, 0.15) is 6.04 Å². The Labute approximate surface area is 263 Å². The summed E-state index contributed by atoms with van der Waals surface area (Å²) in [6, 6.07) is 8.10. The number of rotatable bonds is 20. The van der Waals surface area contributed by atoms with Crippen molar-refractivity contribution in [1.29, 1.82) is 0 Å². The topological polar surface area (TPSA) is 189 Å². The predicted molar refractivity (Wildman–Crippen MR) is 167 cm³/mol. The van der Waals surface area contributed by atoms with Crippen LogP contribution in [0, 0.1) is 0 Å². The van der Waals surface area contributed by atoms with Gasteiger partial charge in [-0.2, -0.15) is 10.2 Å². The zero-order valence-corrected chi connectivity index (χ0v) is 26.5. The highest BCUT2D eigenvalue weighted by Crippen LogP contribution is 2.41. The van der Waals surface area contributed by atoms with Crippen LogP contribution in [0.1, 0.15) is 62.5 Å². The summed E-state index contributed by atoms with van der Waals surface area (Å²) < 4.78 is 21.8. The van der Waals surface area contributed by atoms with Crippen molar-refractivity contribution < 1.29 is 33.6 Å². The molecule has 0 saturated carbocycles. The number of amides is 2. The third-order valence-electron chi connectivity index (χ3n) is 7.66. The SMILES string of the molecule is COc1ccc(CC(CCNC(=O)[C@H](CCCCNC(=O)CCC2(C)N=N2)N=[N+]=[N-])c2cc(OC)c(OC)c(OC)c2)cc1O. The predicted octanol–water partition coefficient (Wildman–Crippen LogP) is 5.19. The van der Waals surface area contributed by atoms with E-state index >= 15 is 0 Å². The molecule has 1 unspecified atom stereocenters. The summed E-state index contributed by atoms with van der Waals surface area (Å²) in [7, 11) is 6.12. The molecule has 2 atom stereocenters. The van der Waals surface area contributed by atoms with Crippen LogP contribution in [-0.4, -0.2) is 70.2 Å². The number of phenols is 1. The summed E-state index contributed by atoms with van der Waals surface area (Å²) in [6.07, 6.45) is 3.56. The average molecular weight is 626 g/mol. The molecule has 244 valence electrons. The Bertz CT molecular complexity index is 1360. The van der Waals surface area contributed by atoms with Crippen molar-refractivity contribution in [3.05, 3.63) is 51.9 Å². The average Bonchev–Trinajstić information content (AvgIpc) is 3.78. The van der Waals surface area contributed by atoms with Crippen molar-refractivity contribution in [3.63, 3.8) is 0 Å². The van der Waals surface area contributed by atoms with Gasteiger partial charge in [-0.15, -0.1) is 0 Å². The van der Waals surface area contributed by atoms with Gasteiger partial charge in [-0.25, -0.2) is 0 Å². The molecule has 3 N–H and O–H groups in total. The summed E-state index contributed by atoms with van der Waals surface area (Å²) in [5.41, 5.74) is 10.4. The number of unbranched alkanes of at least 4 members (excludes halogenated alkanes) is 1. The van der Waals surface area contributed by atoms with Gasteiger partial charge in [0, 0.05) is 30.8 Å². The second-order valence-corrected chi connectivity index (χ2v) is 10.9. The maximum atomic E-state index is 13.0. The highest BCUT2D eigenvalue weighted by molar-refractivity contribution is 5.81. The number of azide groups is 1. The normalized spacial score (nSPS) is 14.0. The fourth-order valence-corrected chi connectivity index (χ4v) is 4.98. The van der Waals surface area contributed by atoms with E-state index in [0.717, 1.165) is 11.1 Å². The lowest BCUT2D eigenvalue weighted by atomic mass is 9.88. The summed E-state index contributed by atoms with van der Waals surface area (Å²) >= 11 is 0. The molecule has 1 aliphatic heterocycles. The molecule has 0 aliphatic carbocycles. The van der Waals surface area contributed by atoms with E-state index in [2.05, 4.69) is 30.9 Å².